The zero-order chi connectivity index (χ0) is 11.3. The Morgan fingerprint density at radius 1 is 1.40 bits per heavy atom. The molecule has 0 amide bonds. The van der Waals surface area contributed by atoms with Crippen LogP contribution in [0.4, 0.5) is 4.39 Å². The first-order chi connectivity index (χ1) is 6.87. The summed E-state index contributed by atoms with van der Waals surface area (Å²) in [6.07, 6.45) is 0.957. The summed E-state index contributed by atoms with van der Waals surface area (Å²) in [6, 6.07) is 3.64. The van der Waals surface area contributed by atoms with Gasteiger partial charge in [0.25, 0.3) is 0 Å². The van der Waals surface area contributed by atoms with Gasteiger partial charge in [-0.05, 0) is 43.5 Å². The minimum Gasteiger partial charge on any atom is -0.312 e. The van der Waals surface area contributed by atoms with E-state index in [9.17, 15) is 12.8 Å². The smallest absolute Gasteiger partial charge is 0.197 e. The predicted octanol–water partition coefficient (Wildman–Crippen LogP) is 1.36. The summed E-state index contributed by atoms with van der Waals surface area (Å²) in [5.41, 5.74) is 6.09. The van der Waals surface area contributed by atoms with E-state index in [0.717, 1.165) is 6.07 Å². The molecule has 1 aliphatic rings. The SMILES string of the molecule is Cc1cc(F)ccc1S(=O)(=O)C1(N)CC1. The molecule has 1 aliphatic carbocycles. The third kappa shape index (κ3) is 1.55. The van der Waals surface area contributed by atoms with Gasteiger partial charge in [-0.15, -0.1) is 0 Å². The fourth-order valence-corrected chi connectivity index (χ4v) is 3.33. The second-order valence-corrected chi connectivity index (χ2v) is 6.24. The molecule has 0 bridgehead atoms. The monoisotopic (exact) mass is 229 g/mol. The molecule has 82 valence electrons. The van der Waals surface area contributed by atoms with Crippen LogP contribution in [0.3, 0.4) is 0 Å². The summed E-state index contributed by atoms with van der Waals surface area (Å²) in [4.78, 5) is -0.973. The van der Waals surface area contributed by atoms with Crippen molar-refractivity contribution in [2.75, 3.05) is 0 Å². The molecule has 15 heavy (non-hydrogen) atoms. The van der Waals surface area contributed by atoms with E-state index in [1.54, 1.807) is 6.92 Å². The van der Waals surface area contributed by atoms with Crippen LogP contribution in [-0.2, 0) is 9.84 Å². The second kappa shape index (κ2) is 3.02. The van der Waals surface area contributed by atoms with Crippen molar-refractivity contribution in [2.24, 2.45) is 5.73 Å². The summed E-state index contributed by atoms with van der Waals surface area (Å²) >= 11 is 0. The number of sulfone groups is 1. The average Bonchev–Trinajstić information content (AvgIpc) is 2.84. The van der Waals surface area contributed by atoms with Gasteiger partial charge < -0.3 is 5.73 Å². The number of aryl methyl sites for hydroxylation is 1. The van der Waals surface area contributed by atoms with Crippen LogP contribution in [0.25, 0.3) is 0 Å². The number of rotatable bonds is 2. The van der Waals surface area contributed by atoms with Crippen molar-refractivity contribution in [1.82, 2.24) is 0 Å². The molecule has 0 radical (unpaired) electrons. The Morgan fingerprint density at radius 2 is 2.00 bits per heavy atom. The number of hydrogen-bond donors (Lipinski definition) is 1. The Hall–Kier alpha value is -0.940. The van der Waals surface area contributed by atoms with Gasteiger partial charge in [0.1, 0.15) is 10.7 Å². The van der Waals surface area contributed by atoms with Gasteiger partial charge >= 0.3 is 0 Å². The van der Waals surface area contributed by atoms with Gasteiger partial charge in [0, 0.05) is 0 Å². The van der Waals surface area contributed by atoms with Crippen molar-refractivity contribution in [3.8, 4) is 0 Å². The van der Waals surface area contributed by atoms with E-state index in [2.05, 4.69) is 0 Å². The quantitative estimate of drug-likeness (QED) is 0.779. The lowest BCUT2D eigenvalue weighted by Crippen LogP contribution is -2.33. The van der Waals surface area contributed by atoms with Crippen molar-refractivity contribution >= 4 is 9.84 Å². The highest BCUT2D eigenvalue weighted by Gasteiger charge is 2.52. The molecule has 0 aliphatic heterocycles. The van der Waals surface area contributed by atoms with Crippen molar-refractivity contribution in [2.45, 2.75) is 29.5 Å². The minimum absolute atomic E-state index is 0.143. The van der Waals surface area contributed by atoms with E-state index < -0.39 is 20.5 Å². The Balaban J connectivity index is 2.55. The number of nitrogens with two attached hydrogens (primary N) is 1. The standard InChI is InChI=1S/C10H12FNO2S/c1-7-6-8(11)2-3-9(7)15(13,14)10(12)4-5-10/h2-3,6H,4-5,12H2,1H3. The van der Waals surface area contributed by atoms with Crippen molar-refractivity contribution in [1.29, 1.82) is 0 Å². The molecule has 1 aromatic carbocycles. The van der Waals surface area contributed by atoms with Gasteiger partial charge in [-0.2, -0.15) is 0 Å². The van der Waals surface area contributed by atoms with Gasteiger partial charge in [0.2, 0.25) is 0 Å². The highest BCUT2D eigenvalue weighted by atomic mass is 32.2. The highest BCUT2D eigenvalue weighted by Crippen LogP contribution is 2.42. The van der Waals surface area contributed by atoms with Crippen molar-refractivity contribution in [3.05, 3.63) is 29.6 Å². The Labute approximate surface area is 88.0 Å². The maximum absolute atomic E-state index is 12.8. The Morgan fingerprint density at radius 3 is 2.47 bits per heavy atom. The van der Waals surface area contributed by atoms with Gasteiger partial charge in [-0.1, -0.05) is 0 Å². The summed E-state index contributed by atoms with van der Waals surface area (Å²) in [5.74, 6) is -0.437. The molecular formula is C10H12FNO2S. The predicted molar refractivity (Wildman–Crippen MR) is 54.5 cm³/mol. The topological polar surface area (TPSA) is 60.2 Å². The lowest BCUT2D eigenvalue weighted by atomic mass is 10.2. The van der Waals surface area contributed by atoms with Crippen LogP contribution in [0.5, 0.6) is 0 Å². The Bertz CT molecular complexity index is 506. The van der Waals surface area contributed by atoms with E-state index >= 15 is 0 Å². The van der Waals surface area contributed by atoms with Crippen LogP contribution in [0.15, 0.2) is 23.1 Å². The van der Waals surface area contributed by atoms with Crippen molar-refractivity contribution < 1.29 is 12.8 Å². The number of halogens is 1. The van der Waals surface area contributed by atoms with E-state index in [0.29, 0.717) is 18.4 Å². The van der Waals surface area contributed by atoms with Gasteiger partial charge in [0.15, 0.2) is 9.84 Å². The maximum Gasteiger partial charge on any atom is 0.197 e. The lowest BCUT2D eigenvalue weighted by Gasteiger charge is -2.12. The summed E-state index contributed by atoms with van der Waals surface area (Å²) in [7, 11) is -3.50. The van der Waals surface area contributed by atoms with Crippen LogP contribution in [0, 0.1) is 12.7 Å². The third-order valence-electron chi connectivity index (χ3n) is 2.70. The summed E-state index contributed by atoms with van der Waals surface area (Å²) < 4.78 is 36.8. The minimum atomic E-state index is -3.50. The van der Waals surface area contributed by atoms with E-state index in [1.165, 1.54) is 12.1 Å². The van der Waals surface area contributed by atoms with Crippen molar-refractivity contribution in [3.63, 3.8) is 0 Å². The summed E-state index contributed by atoms with van der Waals surface area (Å²) in [5, 5.41) is 0. The molecular weight excluding hydrogens is 217 g/mol. The van der Waals surface area contributed by atoms with Crippen LogP contribution in [-0.4, -0.2) is 13.3 Å². The normalized spacial score (nSPS) is 18.9. The largest absolute Gasteiger partial charge is 0.312 e. The zero-order valence-electron chi connectivity index (χ0n) is 8.33. The van der Waals surface area contributed by atoms with Crippen LogP contribution in [0.1, 0.15) is 18.4 Å². The third-order valence-corrected chi connectivity index (χ3v) is 5.22. The Kier molecular flexibility index (Phi) is 2.13. The molecule has 0 unspecified atom stereocenters. The lowest BCUT2D eigenvalue weighted by molar-refractivity contribution is 0.577. The molecule has 2 rings (SSSR count). The number of benzene rings is 1. The molecule has 0 spiro atoms. The molecule has 0 atom stereocenters. The van der Waals surface area contributed by atoms with Crippen LogP contribution in [0.2, 0.25) is 0 Å². The average molecular weight is 229 g/mol. The van der Waals surface area contributed by atoms with E-state index in [4.69, 9.17) is 5.73 Å². The first-order valence-electron chi connectivity index (χ1n) is 4.66. The molecule has 2 N–H and O–H groups in total. The molecule has 0 aromatic heterocycles. The molecule has 5 heteroatoms. The fourth-order valence-electron chi connectivity index (χ4n) is 1.53. The maximum atomic E-state index is 12.8. The van der Waals surface area contributed by atoms with E-state index in [1.807, 2.05) is 0 Å². The molecule has 0 heterocycles. The second-order valence-electron chi connectivity index (χ2n) is 3.98. The zero-order valence-corrected chi connectivity index (χ0v) is 9.14. The molecule has 1 saturated carbocycles. The number of hydrogen-bond acceptors (Lipinski definition) is 3. The van der Waals surface area contributed by atoms with Crippen LogP contribution < -0.4 is 5.73 Å². The molecule has 1 aromatic rings. The molecule has 3 nitrogen and oxygen atoms in total. The molecule has 0 saturated heterocycles. The van der Waals surface area contributed by atoms with Gasteiger partial charge in [0.05, 0.1) is 4.90 Å². The fraction of sp³-hybridized carbons (Fsp3) is 0.400. The van der Waals surface area contributed by atoms with Gasteiger partial charge in [-0.3, -0.25) is 0 Å². The van der Waals surface area contributed by atoms with Crippen LogP contribution >= 0.6 is 0 Å². The first-order valence-corrected chi connectivity index (χ1v) is 6.15. The molecule has 1 fully saturated rings. The van der Waals surface area contributed by atoms with Gasteiger partial charge in [-0.25, -0.2) is 12.8 Å². The first kappa shape index (κ1) is 10.6. The van der Waals surface area contributed by atoms with E-state index in [-0.39, 0.29) is 4.90 Å². The highest BCUT2D eigenvalue weighted by molar-refractivity contribution is 7.93. The summed E-state index contributed by atoms with van der Waals surface area (Å²) in [6.45, 7) is 1.57.